The third-order valence-corrected chi connectivity index (χ3v) is 3.48. The molecule has 0 unspecified atom stereocenters. The number of nitrogens with zero attached hydrogens (tertiary/aromatic N) is 4. The summed E-state index contributed by atoms with van der Waals surface area (Å²) in [5, 5.41) is 8.97. The van der Waals surface area contributed by atoms with Crippen LogP contribution in [0.2, 0.25) is 0 Å². The predicted octanol–water partition coefficient (Wildman–Crippen LogP) is 3.12. The summed E-state index contributed by atoms with van der Waals surface area (Å²) in [6, 6.07) is 11.7. The van der Waals surface area contributed by atoms with Crippen molar-refractivity contribution in [3.63, 3.8) is 0 Å². The fourth-order valence-corrected chi connectivity index (χ4v) is 2.43. The lowest BCUT2D eigenvalue weighted by molar-refractivity contribution is 0.951. The molecule has 0 aliphatic heterocycles. The predicted molar refractivity (Wildman–Crippen MR) is 78.1 cm³/mol. The van der Waals surface area contributed by atoms with Crippen LogP contribution in [0.25, 0.3) is 22.4 Å². The van der Waals surface area contributed by atoms with Gasteiger partial charge in [0, 0.05) is 24.0 Å². The molecule has 0 atom stereocenters. The summed E-state index contributed by atoms with van der Waals surface area (Å²) in [6.45, 7) is 3.97. The van der Waals surface area contributed by atoms with E-state index < -0.39 is 0 Å². The van der Waals surface area contributed by atoms with Crippen LogP contribution in [-0.4, -0.2) is 14.5 Å². The van der Waals surface area contributed by atoms with Gasteiger partial charge in [-0.05, 0) is 44.2 Å². The minimum atomic E-state index is 0.626. The van der Waals surface area contributed by atoms with E-state index in [1.807, 2.05) is 55.8 Å². The van der Waals surface area contributed by atoms with Crippen molar-refractivity contribution < 1.29 is 0 Å². The summed E-state index contributed by atoms with van der Waals surface area (Å²) in [7, 11) is 1.98. The van der Waals surface area contributed by atoms with Crippen LogP contribution in [0.3, 0.4) is 0 Å². The van der Waals surface area contributed by atoms with Crippen LogP contribution in [0.15, 0.2) is 30.3 Å². The highest BCUT2D eigenvalue weighted by Gasteiger charge is 2.12. The highest BCUT2D eigenvalue weighted by Crippen LogP contribution is 2.26. The Labute approximate surface area is 117 Å². The Morgan fingerprint density at radius 1 is 1.10 bits per heavy atom. The third kappa shape index (κ3) is 1.84. The molecule has 0 amide bonds. The Kier molecular flexibility index (Phi) is 2.76. The average molecular weight is 262 g/mol. The van der Waals surface area contributed by atoms with Gasteiger partial charge >= 0.3 is 0 Å². The molecule has 0 aliphatic rings. The van der Waals surface area contributed by atoms with Crippen molar-refractivity contribution in [2.75, 3.05) is 0 Å². The Hall–Kier alpha value is -2.67. The zero-order chi connectivity index (χ0) is 14.3. The van der Waals surface area contributed by atoms with E-state index in [2.05, 4.69) is 16.0 Å². The first-order valence-electron chi connectivity index (χ1n) is 6.41. The SMILES string of the molecule is Cc1ccc(-c2nc3cc(C#N)ccc3n2C)c(C)n1. The molecule has 2 aromatic heterocycles. The zero-order valence-corrected chi connectivity index (χ0v) is 11.7. The minimum Gasteiger partial charge on any atom is -0.327 e. The topological polar surface area (TPSA) is 54.5 Å². The van der Waals surface area contributed by atoms with Gasteiger partial charge in [0.15, 0.2) is 0 Å². The van der Waals surface area contributed by atoms with E-state index in [9.17, 15) is 0 Å². The number of pyridine rings is 1. The standard InChI is InChI=1S/C16H14N4/c1-10-4-6-13(11(2)18-10)16-19-14-8-12(9-17)5-7-15(14)20(16)3/h4-8H,1-3H3. The molecule has 1 aromatic carbocycles. The van der Waals surface area contributed by atoms with Gasteiger partial charge in [0.05, 0.1) is 22.7 Å². The summed E-state index contributed by atoms with van der Waals surface area (Å²) in [5.74, 6) is 0.875. The first kappa shape index (κ1) is 12.4. The molecule has 3 rings (SSSR count). The van der Waals surface area contributed by atoms with Crippen LogP contribution < -0.4 is 0 Å². The summed E-state index contributed by atoms with van der Waals surface area (Å²) in [6.07, 6.45) is 0. The van der Waals surface area contributed by atoms with Gasteiger partial charge in [0.25, 0.3) is 0 Å². The number of imidazole rings is 1. The summed E-state index contributed by atoms with van der Waals surface area (Å²) >= 11 is 0. The maximum absolute atomic E-state index is 8.97. The Balaban J connectivity index is 2.26. The van der Waals surface area contributed by atoms with Crippen molar-refractivity contribution in [3.05, 3.63) is 47.3 Å². The number of hydrogen-bond acceptors (Lipinski definition) is 3. The summed E-state index contributed by atoms with van der Waals surface area (Å²) in [5.41, 5.74) is 5.45. The molecule has 4 nitrogen and oxygen atoms in total. The number of benzene rings is 1. The normalized spacial score (nSPS) is 10.7. The van der Waals surface area contributed by atoms with Crippen molar-refractivity contribution in [2.24, 2.45) is 7.05 Å². The molecule has 98 valence electrons. The number of rotatable bonds is 1. The maximum atomic E-state index is 8.97. The van der Waals surface area contributed by atoms with Gasteiger partial charge in [-0.2, -0.15) is 5.26 Å². The van der Waals surface area contributed by atoms with Gasteiger partial charge in [-0.25, -0.2) is 4.98 Å². The monoisotopic (exact) mass is 262 g/mol. The number of aromatic nitrogens is 3. The molecule has 0 saturated carbocycles. The van der Waals surface area contributed by atoms with E-state index in [0.29, 0.717) is 5.56 Å². The molecule has 0 N–H and O–H groups in total. The second-order valence-corrected chi connectivity index (χ2v) is 4.90. The van der Waals surface area contributed by atoms with Crippen LogP contribution in [0.1, 0.15) is 17.0 Å². The van der Waals surface area contributed by atoms with Gasteiger partial charge in [0.2, 0.25) is 0 Å². The number of aryl methyl sites for hydroxylation is 3. The molecular formula is C16H14N4. The molecule has 0 radical (unpaired) electrons. The van der Waals surface area contributed by atoms with Crippen LogP contribution >= 0.6 is 0 Å². The van der Waals surface area contributed by atoms with Gasteiger partial charge in [0.1, 0.15) is 5.82 Å². The van der Waals surface area contributed by atoms with Crippen molar-refractivity contribution in [1.82, 2.24) is 14.5 Å². The van der Waals surface area contributed by atoms with E-state index in [-0.39, 0.29) is 0 Å². The van der Waals surface area contributed by atoms with Crippen molar-refractivity contribution >= 4 is 11.0 Å². The molecule has 0 bridgehead atoms. The fourth-order valence-electron chi connectivity index (χ4n) is 2.43. The van der Waals surface area contributed by atoms with E-state index >= 15 is 0 Å². The Morgan fingerprint density at radius 3 is 2.60 bits per heavy atom. The van der Waals surface area contributed by atoms with Crippen molar-refractivity contribution in [1.29, 1.82) is 5.26 Å². The number of fused-ring (bicyclic) bond motifs is 1. The Morgan fingerprint density at radius 2 is 1.90 bits per heavy atom. The van der Waals surface area contributed by atoms with E-state index in [1.54, 1.807) is 0 Å². The molecule has 0 spiro atoms. The lowest BCUT2D eigenvalue weighted by Crippen LogP contribution is -1.97. The third-order valence-electron chi connectivity index (χ3n) is 3.48. The minimum absolute atomic E-state index is 0.626. The highest BCUT2D eigenvalue weighted by atomic mass is 15.1. The van der Waals surface area contributed by atoms with Gasteiger partial charge in [-0.15, -0.1) is 0 Å². The van der Waals surface area contributed by atoms with Crippen LogP contribution in [-0.2, 0) is 7.05 Å². The summed E-state index contributed by atoms with van der Waals surface area (Å²) in [4.78, 5) is 9.14. The fraction of sp³-hybridized carbons (Fsp3) is 0.188. The van der Waals surface area contributed by atoms with Gasteiger partial charge in [-0.3, -0.25) is 4.98 Å². The van der Waals surface area contributed by atoms with Crippen molar-refractivity contribution in [2.45, 2.75) is 13.8 Å². The molecule has 2 heterocycles. The first-order chi connectivity index (χ1) is 9.60. The van der Waals surface area contributed by atoms with Gasteiger partial charge in [-0.1, -0.05) is 0 Å². The molecule has 20 heavy (non-hydrogen) atoms. The lowest BCUT2D eigenvalue weighted by Gasteiger charge is -2.06. The second-order valence-electron chi connectivity index (χ2n) is 4.90. The average Bonchev–Trinajstić information content (AvgIpc) is 2.75. The molecule has 4 heteroatoms. The van der Waals surface area contributed by atoms with Crippen LogP contribution in [0.4, 0.5) is 0 Å². The van der Waals surface area contributed by atoms with E-state index in [0.717, 1.165) is 33.8 Å². The number of nitriles is 1. The Bertz CT molecular complexity index is 853. The lowest BCUT2D eigenvalue weighted by atomic mass is 10.2. The first-order valence-corrected chi connectivity index (χ1v) is 6.41. The molecule has 3 aromatic rings. The summed E-state index contributed by atoms with van der Waals surface area (Å²) < 4.78 is 2.04. The zero-order valence-electron chi connectivity index (χ0n) is 11.7. The highest BCUT2D eigenvalue weighted by molar-refractivity contribution is 5.82. The molecule has 0 aliphatic carbocycles. The molecule has 0 saturated heterocycles. The maximum Gasteiger partial charge on any atom is 0.142 e. The quantitative estimate of drug-likeness (QED) is 0.677. The van der Waals surface area contributed by atoms with Gasteiger partial charge < -0.3 is 4.57 Å². The van der Waals surface area contributed by atoms with Crippen LogP contribution in [0.5, 0.6) is 0 Å². The molecule has 0 fully saturated rings. The van der Waals surface area contributed by atoms with E-state index in [4.69, 9.17) is 5.26 Å². The van der Waals surface area contributed by atoms with E-state index in [1.165, 1.54) is 0 Å². The largest absolute Gasteiger partial charge is 0.327 e. The van der Waals surface area contributed by atoms with Crippen molar-refractivity contribution in [3.8, 4) is 17.5 Å². The number of hydrogen-bond donors (Lipinski definition) is 0. The smallest absolute Gasteiger partial charge is 0.142 e. The second kappa shape index (κ2) is 4.46. The molecular weight excluding hydrogens is 248 g/mol. The van der Waals surface area contributed by atoms with Crippen LogP contribution in [0, 0.1) is 25.2 Å².